The highest BCUT2D eigenvalue weighted by atomic mass is 79.9. The minimum atomic E-state index is -1.77. The summed E-state index contributed by atoms with van der Waals surface area (Å²) < 4.78 is 0. The van der Waals surface area contributed by atoms with Gasteiger partial charge in [-0.25, -0.2) is 0 Å². The molecule has 0 amide bonds. The van der Waals surface area contributed by atoms with Gasteiger partial charge in [0.1, 0.15) is 0 Å². The third kappa shape index (κ3) is 2.38. The predicted molar refractivity (Wildman–Crippen MR) is 81.9 cm³/mol. The summed E-state index contributed by atoms with van der Waals surface area (Å²) in [5, 5.41) is 2.89. The standard InChI is InChI=1S/C15H17BrSi/c1-13(2)17(16,14-9-5-3-6-10-14)15-11-7-4-8-12-15/h3-13H,1-2H3. The van der Waals surface area contributed by atoms with E-state index >= 15 is 0 Å². The molecule has 0 spiro atoms. The minimum absolute atomic E-state index is 0.618. The van der Waals surface area contributed by atoms with Crippen molar-refractivity contribution in [3.8, 4) is 0 Å². The fourth-order valence-corrected chi connectivity index (χ4v) is 6.80. The topological polar surface area (TPSA) is 0 Å². The van der Waals surface area contributed by atoms with Crippen LogP contribution < -0.4 is 10.4 Å². The van der Waals surface area contributed by atoms with Crippen molar-refractivity contribution < 1.29 is 0 Å². The van der Waals surface area contributed by atoms with Gasteiger partial charge in [0.15, 0.2) is 6.69 Å². The van der Waals surface area contributed by atoms with Crippen molar-refractivity contribution in [1.29, 1.82) is 0 Å². The Morgan fingerprint density at radius 2 is 1.12 bits per heavy atom. The maximum Gasteiger partial charge on any atom is 0.193 e. The zero-order valence-electron chi connectivity index (χ0n) is 10.2. The van der Waals surface area contributed by atoms with Gasteiger partial charge in [0, 0.05) is 0 Å². The van der Waals surface area contributed by atoms with Crippen LogP contribution in [0, 0.1) is 0 Å². The summed E-state index contributed by atoms with van der Waals surface area (Å²) >= 11 is 4.10. The Kier molecular flexibility index (Phi) is 3.85. The van der Waals surface area contributed by atoms with E-state index in [0.29, 0.717) is 5.54 Å². The molecule has 0 aliphatic rings. The zero-order chi connectivity index (χ0) is 12.3. The van der Waals surface area contributed by atoms with Crippen LogP contribution >= 0.6 is 15.3 Å². The zero-order valence-corrected chi connectivity index (χ0v) is 12.8. The molecule has 0 fully saturated rings. The van der Waals surface area contributed by atoms with Gasteiger partial charge in [-0.3, -0.25) is 0 Å². The molecule has 0 unspecified atom stereocenters. The van der Waals surface area contributed by atoms with Gasteiger partial charge in [0.05, 0.1) is 0 Å². The lowest BCUT2D eigenvalue weighted by Crippen LogP contribution is -2.55. The van der Waals surface area contributed by atoms with E-state index in [2.05, 4.69) is 89.8 Å². The van der Waals surface area contributed by atoms with Crippen LogP contribution in [0.2, 0.25) is 5.54 Å². The average molecular weight is 305 g/mol. The van der Waals surface area contributed by atoms with Crippen LogP contribution in [-0.4, -0.2) is 6.69 Å². The molecular formula is C15H17BrSi. The van der Waals surface area contributed by atoms with Crippen LogP contribution in [0.15, 0.2) is 60.7 Å². The van der Waals surface area contributed by atoms with Crippen LogP contribution in [0.25, 0.3) is 0 Å². The fourth-order valence-electron chi connectivity index (χ4n) is 2.19. The molecule has 0 saturated carbocycles. The molecule has 0 radical (unpaired) electrons. The molecule has 17 heavy (non-hydrogen) atoms. The lowest BCUT2D eigenvalue weighted by Gasteiger charge is -2.30. The Morgan fingerprint density at radius 1 is 0.765 bits per heavy atom. The number of hydrogen-bond donors (Lipinski definition) is 0. The van der Waals surface area contributed by atoms with E-state index in [4.69, 9.17) is 0 Å². The lowest BCUT2D eigenvalue weighted by atomic mass is 10.4. The van der Waals surface area contributed by atoms with Gasteiger partial charge < -0.3 is 0 Å². The van der Waals surface area contributed by atoms with E-state index in [-0.39, 0.29) is 0 Å². The fraction of sp³-hybridized carbons (Fsp3) is 0.200. The molecule has 2 aromatic carbocycles. The molecule has 0 aliphatic carbocycles. The molecule has 2 aromatic rings. The number of halogens is 1. The quantitative estimate of drug-likeness (QED) is 0.601. The second kappa shape index (κ2) is 5.19. The molecule has 0 aliphatic heterocycles. The van der Waals surface area contributed by atoms with E-state index in [1.807, 2.05) is 0 Å². The van der Waals surface area contributed by atoms with Crippen LogP contribution in [0.1, 0.15) is 13.8 Å². The highest BCUT2D eigenvalue weighted by Gasteiger charge is 2.37. The minimum Gasteiger partial charge on any atom is -0.114 e. The van der Waals surface area contributed by atoms with Crippen molar-refractivity contribution >= 4 is 32.4 Å². The normalized spacial score (nSPS) is 11.8. The molecule has 0 aromatic heterocycles. The molecule has 0 atom stereocenters. The van der Waals surface area contributed by atoms with Gasteiger partial charge in [-0.15, -0.1) is 15.3 Å². The van der Waals surface area contributed by atoms with Gasteiger partial charge >= 0.3 is 0 Å². The van der Waals surface area contributed by atoms with Crippen LogP contribution in [0.3, 0.4) is 0 Å². The summed E-state index contributed by atoms with van der Waals surface area (Å²) in [5.74, 6) is 0. The first-order valence-electron chi connectivity index (χ1n) is 5.95. The Balaban J connectivity index is 2.55. The number of hydrogen-bond acceptors (Lipinski definition) is 0. The lowest BCUT2D eigenvalue weighted by molar-refractivity contribution is 1.05. The molecule has 88 valence electrons. The highest BCUT2D eigenvalue weighted by molar-refractivity contribution is 9.27. The maximum absolute atomic E-state index is 4.10. The SMILES string of the molecule is CC(C)[Si](Br)(c1ccccc1)c1ccccc1. The Morgan fingerprint density at radius 3 is 1.41 bits per heavy atom. The first-order chi connectivity index (χ1) is 8.15. The van der Waals surface area contributed by atoms with E-state index in [9.17, 15) is 0 Å². The molecule has 0 saturated heterocycles. The van der Waals surface area contributed by atoms with Gasteiger partial charge in [0.25, 0.3) is 0 Å². The maximum atomic E-state index is 4.10. The first kappa shape index (κ1) is 12.6. The molecule has 0 heterocycles. The van der Waals surface area contributed by atoms with Gasteiger partial charge in [0.2, 0.25) is 0 Å². The Bertz CT molecular complexity index is 425. The van der Waals surface area contributed by atoms with Crippen LogP contribution in [-0.2, 0) is 0 Å². The molecular weight excluding hydrogens is 288 g/mol. The van der Waals surface area contributed by atoms with Crippen molar-refractivity contribution in [1.82, 2.24) is 0 Å². The van der Waals surface area contributed by atoms with Crippen molar-refractivity contribution in [2.75, 3.05) is 0 Å². The van der Waals surface area contributed by atoms with Gasteiger partial charge in [-0.2, -0.15) is 0 Å². The average Bonchev–Trinajstić information content (AvgIpc) is 2.39. The Hall–Kier alpha value is -0.863. The summed E-state index contributed by atoms with van der Waals surface area (Å²) in [5.41, 5.74) is 0.618. The number of rotatable bonds is 3. The molecule has 2 rings (SSSR count). The third-order valence-corrected chi connectivity index (χ3v) is 12.6. The van der Waals surface area contributed by atoms with Crippen molar-refractivity contribution in [3.05, 3.63) is 60.7 Å². The van der Waals surface area contributed by atoms with E-state index in [0.717, 1.165) is 0 Å². The predicted octanol–water partition coefficient (Wildman–Crippen LogP) is 3.55. The molecule has 0 N–H and O–H groups in total. The summed E-state index contributed by atoms with van der Waals surface area (Å²) in [7, 11) is 0. The smallest absolute Gasteiger partial charge is 0.114 e. The monoisotopic (exact) mass is 304 g/mol. The van der Waals surface area contributed by atoms with E-state index in [1.165, 1.54) is 10.4 Å². The highest BCUT2D eigenvalue weighted by Crippen LogP contribution is 2.26. The second-order valence-electron chi connectivity index (χ2n) is 4.60. The van der Waals surface area contributed by atoms with Crippen molar-refractivity contribution in [3.63, 3.8) is 0 Å². The third-order valence-electron chi connectivity index (χ3n) is 3.18. The molecule has 0 bridgehead atoms. The first-order valence-corrected chi connectivity index (χ1v) is 10.3. The van der Waals surface area contributed by atoms with E-state index in [1.54, 1.807) is 0 Å². The second-order valence-corrected chi connectivity index (χ2v) is 12.1. The van der Waals surface area contributed by atoms with Gasteiger partial charge in [-0.05, 0) is 15.9 Å². The number of benzene rings is 2. The van der Waals surface area contributed by atoms with Crippen LogP contribution in [0.5, 0.6) is 0 Å². The summed E-state index contributed by atoms with van der Waals surface area (Å²) in [4.78, 5) is 0. The summed E-state index contributed by atoms with van der Waals surface area (Å²) in [6.07, 6.45) is 0. The van der Waals surface area contributed by atoms with Gasteiger partial charge in [-0.1, -0.05) is 74.5 Å². The van der Waals surface area contributed by atoms with Crippen molar-refractivity contribution in [2.45, 2.75) is 19.4 Å². The molecule has 2 heteroatoms. The van der Waals surface area contributed by atoms with E-state index < -0.39 is 6.69 Å². The summed E-state index contributed by atoms with van der Waals surface area (Å²) in [6, 6.07) is 21.7. The van der Waals surface area contributed by atoms with Crippen LogP contribution in [0.4, 0.5) is 0 Å². The Labute approximate surface area is 112 Å². The van der Waals surface area contributed by atoms with Crippen molar-refractivity contribution in [2.24, 2.45) is 0 Å². The largest absolute Gasteiger partial charge is 0.193 e. The summed E-state index contributed by atoms with van der Waals surface area (Å²) in [6.45, 7) is 2.85. The molecule has 0 nitrogen and oxygen atoms in total.